The fraction of sp³-hybridized carbons (Fsp3) is 0.562. The van der Waals surface area contributed by atoms with Crippen LogP contribution in [0.4, 0.5) is 5.69 Å². The van der Waals surface area contributed by atoms with E-state index in [-0.39, 0.29) is 5.91 Å². The van der Waals surface area contributed by atoms with E-state index in [4.69, 9.17) is 5.73 Å². The van der Waals surface area contributed by atoms with Crippen LogP contribution in [0.3, 0.4) is 0 Å². The highest BCUT2D eigenvalue weighted by Crippen LogP contribution is 2.24. The summed E-state index contributed by atoms with van der Waals surface area (Å²) in [5.74, 6) is 0.204. The number of carbonyl (C=O) groups excluding carboxylic acids is 1. The summed E-state index contributed by atoms with van der Waals surface area (Å²) in [6, 6.07) is 10.4. The minimum atomic E-state index is -0.408. The number of benzene rings is 1. The van der Waals surface area contributed by atoms with Gasteiger partial charge in [-0.1, -0.05) is 25.1 Å². The summed E-state index contributed by atoms with van der Waals surface area (Å²) < 4.78 is 0. The van der Waals surface area contributed by atoms with Gasteiger partial charge in [0.15, 0.2) is 0 Å². The zero-order valence-electron chi connectivity index (χ0n) is 12.5. The van der Waals surface area contributed by atoms with Gasteiger partial charge in [-0.15, -0.1) is 0 Å². The van der Waals surface area contributed by atoms with Gasteiger partial charge in [0, 0.05) is 38.4 Å². The molecule has 1 heterocycles. The van der Waals surface area contributed by atoms with Crippen molar-refractivity contribution >= 4 is 11.6 Å². The third kappa shape index (κ3) is 2.96. The molecule has 4 nitrogen and oxygen atoms in total. The van der Waals surface area contributed by atoms with E-state index in [1.165, 1.54) is 5.69 Å². The molecular formula is C16H25N3O. The first-order chi connectivity index (χ1) is 9.60. The van der Waals surface area contributed by atoms with Crippen molar-refractivity contribution in [3.05, 3.63) is 30.3 Å². The summed E-state index contributed by atoms with van der Waals surface area (Å²) in [6.45, 7) is 7.76. The Bertz CT molecular complexity index is 434. The van der Waals surface area contributed by atoms with Crippen molar-refractivity contribution in [1.82, 2.24) is 4.90 Å². The average Bonchev–Trinajstić information content (AvgIpc) is 2.54. The lowest BCUT2D eigenvalue weighted by molar-refractivity contribution is -0.141. The predicted octanol–water partition coefficient (Wildman–Crippen LogP) is 1.71. The van der Waals surface area contributed by atoms with Gasteiger partial charge in [0.2, 0.25) is 5.91 Å². The average molecular weight is 275 g/mol. The molecule has 0 radical (unpaired) electrons. The molecule has 1 amide bonds. The van der Waals surface area contributed by atoms with E-state index in [0.29, 0.717) is 6.54 Å². The Morgan fingerprint density at radius 1 is 1.20 bits per heavy atom. The molecule has 0 bridgehead atoms. The van der Waals surface area contributed by atoms with Crippen LogP contribution in [0.1, 0.15) is 20.3 Å². The molecule has 0 saturated carbocycles. The Hall–Kier alpha value is -1.55. The van der Waals surface area contributed by atoms with Crippen molar-refractivity contribution in [2.24, 2.45) is 11.1 Å². The van der Waals surface area contributed by atoms with Gasteiger partial charge in [-0.05, 0) is 25.5 Å². The molecule has 4 heteroatoms. The Morgan fingerprint density at radius 3 is 2.30 bits per heavy atom. The molecule has 1 aliphatic heterocycles. The van der Waals surface area contributed by atoms with Crippen LogP contribution in [0.5, 0.6) is 0 Å². The van der Waals surface area contributed by atoms with Crippen LogP contribution < -0.4 is 10.6 Å². The van der Waals surface area contributed by atoms with E-state index in [2.05, 4.69) is 29.2 Å². The van der Waals surface area contributed by atoms with E-state index >= 15 is 0 Å². The number of nitrogens with zero attached hydrogens (tertiary/aromatic N) is 2. The molecule has 2 N–H and O–H groups in total. The number of amides is 1. The van der Waals surface area contributed by atoms with Gasteiger partial charge in [-0.25, -0.2) is 0 Å². The van der Waals surface area contributed by atoms with Crippen molar-refractivity contribution < 1.29 is 4.79 Å². The number of anilines is 1. The molecule has 1 aromatic rings. The number of carbonyl (C=O) groups is 1. The van der Waals surface area contributed by atoms with E-state index < -0.39 is 5.41 Å². The Kier molecular flexibility index (Phi) is 4.65. The Morgan fingerprint density at radius 2 is 1.80 bits per heavy atom. The molecule has 0 spiro atoms. The highest BCUT2D eigenvalue weighted by molar-refractivity contribution is 5.82. The Balaban J connectivity index is 1.96. The van der Waals surface area contributed by atoms with Gasteiger partial charge in [0.25, 0.3) is 0 Å². The van der Waals surface area contributed by atoms with E-state index in [1.54, 1.807) is 0 Å². The molecule has 1 aliphatic rings. The largest absolute Gasteiger partial charge is 0.368 e. The minimum absolute atomic E-state index is 0.204. The SMILES string of the molecule is CCC(C)(CN)C(=O)N1CCN(c2ccccc2)CC1. The maximum atomic E-state index is 12.6. The summed E-state index contributed by atoms with van der Waals surface area (Å²) in [4.78, 5) is 16.8. The summed E-state index contributed by atoms with van der Waals surface area (Å²) in [5.41, 5.74) is 6.61. The van der Waals surface area contributed by atoms with Crippen molar-refractivity contribution in [2.45, 2.75) is 20.3 Å². The topological polar surface area (TPSA) is 49.6 Å². The van der Waals surface area contributed by atoms with Crippen LogP contribution in [0.15, 0.2) is 30.3 Å². The first-order valence-corrected chi connectivity index (χ1v) is 7.40. The molecule has 0 aromatic heterocycles. The third-order valence-electron chi connectivity index (χ3n) is 4.44. The standard InChI is InChI=1S/C16H25N3O/c1-3-16(2,13-17)15(20)19-11-9-18(10-12-19)14-7-5-4-6-8-14/h4-8H,3,9-13,17H2,1-2H3. The molecule has 2 rings (SSSR count). The monoisotopic (exact) mass is 275 g/mol. The quantitative estimate of drug-likeness (QED) is 0.910. The summed E-state index contributed by atoms with van der Waals surface area (Å²) >= 11 is 0. The van der Waals surface area contributed by atoms with Crippen LogP contribution in [0.2, 0.25) is 0 Å². The van der Waals surface area contributed by atoms with E-state index in [0.717, 1.165) is 32.6 Å². The normalized spacial score (nSPS) is 18.8. The number of nitrogens with two attached hydrogens (primary N) is 1. The smallest absolute Gasteiger partial charge is 0.229 e. The highest BCUT2D eigenvalue weighted by atomic mass is 16.2. The number of hydrogen-bond donors (Lipinski definition) is 1. The van der Waals surface area contributed by atoms with Crippen LogP contribution in [0, 0.1) is 5.41 Å². The number of hydrogen-bond acceptors (Lipinski definition) is 3. The minimum Gasteiger partial charge on any atom is -0.368 e. The van der Waals surface area contributed by atoms with Crippen molar-refractivity contribution in [3.63, 3.8) is 0 Å². The maximum absolute atomic E-state index is 12.6. The lowest BCUT2D eigenvalue weighted by Gasteiger charge is -2.40. The van der Waals surface area contributed by atoms with E-state index in [1.807, 2.05) is 24.8 Å². The molecule has 1 fully saturated rings. The Labute approximate surface area is 121 Å². The highest BCUT2D eigenvalue weighted by Gasteiger charge is 2.35. The van der Waals surface area contributed by atoms with Gasteiger partial charge in [0.1, 0.15) is 0 Å². The zero-order chi connectivity index (χ0) is 14.6. The summed E-state index contributed by atoms with van der Waals surface area (Å²) in [6.07, 6.45) is 0.793. The molecule has 110 valence electrons. The fourth-order valence-electron chi connectivity index (χ4n) is 2.57. The second-order valence-electron chi connectivity index (χ2n) is 5.73. The van der Waals surface area contributed by atoms with Crippen molar-refractivity contribution in [3.8, 4) is 0 Å². The zero-order valence-corrected chi connectivity index (χ0v) is 12.5. The van der Waals surface area contributed by atoms with E-state index in [9.17, 15) is 4.79 Å². The maximum Gasteiger partial charge on any atom is 0.229 e. The molecule has 1 saturated heterocycles. The van der Waals surface area contributed by atoms with Gasteiger partial charge in [-0.2, -0.15) is 0 Å². The van der Waals surface area contributed by atoms with Crippen LogP contribution >= 0.6 is 0 Å². The lowest BCUT2D eigenvalue weighted by Crippen LogP contribution is -2.54. The molecule has 0 aliphatic carbocycles. The third-order valence-corrected chi connectivity index (χ3v) is 4.44. The van der Waals surface area contributed by atoms with Crippen LogP contribution in [-0.4, -0.2) is 43.5 Å². The fourth-order valence-corrected chi connectivity index (χ4v) is 2.57. The second-order valence-corrected chi connectivity index (χ2v) is 5.73. The van der Waals surface area contributed by atoms with Crippen LogP contribution in [0.25, 0.3) is 0 Å². The molecule has 1 aromatic carbocycles. The first kappa shape index (κ1) is 14.9. The van der Waals surface area contributed by atoms with Crippen LogP contribution in [-0.2, 0) is 4.79 Å². The number of para-hydroxylation sites is 1. The molecule has 20 heavy (non-hydrogen) atoms. The molecule has 1 atom stereocenters. The lowest BCUT2D eigenvalue weighted by atomic mass is 9.86. The summed E-state index contributed by atoms with van der Waals surface area (Å²) in [5, 5.41) is 0. The molecule has 1 unspecified atom stereocenters. The van der Waals surface area contributed by atoms with Gasteiger partial charge in [0.05, 0.1) is 5.41 Å². The van der Waals surface area contributed by atoms with Gasteiger partial charge in [-0.3, -0.25) is 4.79 Å². The molecular weight excluding hydrogens is 250 g/mol. The van der Waals surface area contributed by atoms with Gasteiger partial charge < -0.3 is 15.5 Å². The second kappa shape index (κ2) is 6.27. The van der Waals surface area contributed by atoms with Gasteiger partial charge >= 0.3 is 0 Å². The van der Waals surface area contributed by atoms with Crippen molar-refractivity contribution in [2.75, 3.05) is 37.6 Å². The number of rotatable bonds is 4. The first-order valence-electron chi connectivity index (χ1n) is 7.40. The van der Waals surface area contributed by atoms with Crippen molar-refractivity contribution in [1.29, 1.82) is 0 Å². The number of piperazine rings is 1. The summed E-state index contributed by atoms with van der Waals surface area (Å²) in [7, 11) is 0. The predicted molar refractivity (Wildman–Crippen MR) is 82.7 cm³/mol.